The number of hydrogen-bond donors (Lipinski definition) is 2. The third-order valence-electron chi connectivity index (χ3n) is 2.06. The van der Waals surface area contributed by atoms with Crippen molar-refractivity contribution in [2.75, 3.05) is 6.61 Å². The van der Waals surface area contributed by atoms with Crippen molar-refractivity contribution in [3.63, 3.8) is 0 Å². The standard InChI is InChI=1S/C10H11NO.H2O/c12-6-5-8-7-11-10-4-2-1-3-9(8)10;/h1-4,7,11-12H,5-6H2;1H2. The van der Waals surface area contributed by atoms with Crippen LogP contribution in [-0.2, 0) is 6.42 Å². The molecule has 1 aromatic heterocycles. The second-order valence-corrected chi connectivity index (χ2v) is 2.83. The summed E-state index contributed by atoms with van der Waals surface area (Å²) < 4.78 is 0. The second-order valence-electron chi connectivity index (χ2n) is 2.83. The quantitative estimate of drug-likeness (QED) is 0.706. The molecule has 3 heteroatoms. The molecule has 2 rings (SSSR count). The highest BCUT2D eigenvalue weighted by molar-refractivity contribution is 5.82. The van der Waals surface area contributed by atoms with Crippen LogP contribution in [0, 0.1) is 0 Å². The van der Waals surface area contributed by atoms with Gasteiger partial charge in [-0.1, -0.05) is 18.2 Å². The molecule has 0 aliphatic rings. The average Bonchev–Trinajstić information content (AvgIpc) is 2.50. The summed E-state index contributed by atoms with van der Waals surface area (Å²) in [7, 11) is 0. The number of aliphatic hydroxyl groups is 1. The minimum Gasteiger partial charge on any atom is -0.412 e. The summed E-state index contributed by atoms with van der Waals surface area (Å²) in [5, 5.41) is 10.00. The maximum Gasteiger partial charge on any atom is 0.0472 e. The summed E-state index contributed by atoms with van der Waals surface area (Å²) >= 11 is 0. The van der Waals surface area contributed by atoms with E-state index in [1.807, 2.05) is 24.4 Å². The lowest BCUT2D eigenvalue weighted by atomic mass is 10.1. The highest BCUT2D eigenvalue weighted by atomic mass is 16.2. The zero-order valence-corrected chi connectivity index (χ0v) is 7.25. The maximum atomic E-state index is 8.78. The number of aliphatic hydroxyl groups excluding tert-OH is 1. The molecular formula is C10H13NO2. The van der Waals surface area contributed by atoms with E-state index in [1.165, 1.54) is 10.9 Å². The van der Waals surface area contributed by atoms with Crippen LogP contribution in [0.1, 0.15) is 5.56 Å². The fourth-order valence-corrected chi connectivity index (χ4v) is 1.46. The molecule has 0 amide bonds. The van der Waals surface area contributed by atoms with Gasteiger partial charge in [0.15, 0.2) is 0 Å². The van der Waals surface area contributed by atoms with Gasteiger partial charge in [0.05, 0.1) is 0 Å². The molecule has 3 nitrogen and oxygen atoms in total. The van der Waals surface area contributed by atoms with Crippen molar-refractivity contribution >= 4 is 10.9 Å². The lowest BCUT2D eigenvalue weighted by Gasteiger charge is -1.93. The predicted molar refractivity (Wildman–Crippen MR) is 52.7 cm³/mol. The van der Waals surface area contributed by atoms with E-state index in [0.29, 0.717) is 0 Å². The van der Waals surface area contributed by atoms with E-state index >= 15 is 0 Å². The first kappa shape index (κ1) is 9.77. The summed E-state index contributed by atoms with van der Waals surface area (Å²) in [5.74, 6) is 0. The fourth-order valence-electron chi connectivity index (χ4n) is 1.46. The molecular weight excluding hydrogens is 166 g/mol. The molecule has 13 heavy (non-hydrogen) atoms. The van der Waals surface area contributed by atoms with E-state index < -0.39 is 0 Å². The molecule has 0 fully saturated rings. The Morgan fingerprint density at radius 1 is 1.23 bits per heavy atom. The summed E-state index contributed by atoms with van der Waals surface area (Å²) in [5.41, 5.74) is 2.33. The first-order valence-electron chi connectivity index (χ1n) is 4.07. The molecule has 0 saturated heterocycles. The molecule has 0 unspecified atom stereocenters. The number of aromatic nitrogens is 1. The molecule has 70 valence electrons. The van der Waals surface area contributed by atoms with Gasteiger partial charge >= 0.3 is 0 Å². The minimum absolute atomic E-state index is 0. The third kappa shape index (κ3) is 1.71. The number of benzene rings is 1. The van der Waals surface area contributed by atoms with Crippen LogP contribution in [0.2, 0.25) is 0 Å². The Morgan fingerprint density at radius 3 is 2.77 bits per heavy atom. The van der Waals surface area contributed by atoms with Gasteiger partial charge in [-0.3, -0.25) is 0 Å². The van der Waals surface area contributed by atoms with Crippen LogP contribution in [0.4, 0.5) is 0 Å². The predicted octanol–water partition coefficient (Wildman–Crippen LogP) is 0.878. The van der Waals surface area contributed by atoms with Crippen LogP contribution in [-0.4, -0.2) is 22.2 Å². The Morgan fingerprint density at radius 2 is 2.00 bits per heavy atom. The highest BCUT2D eigenvalue weighted by Crippen LogP contribution is 2.17. The normalized spacial score (nSPS) is 9.92. The van der Waals surface area contributed by atoms with Crippen molar-refractivity contribution in [1.82, 2.24) is 4.98 Å². The Labute approximate surface area is 76.3 Å². The molecule has 0 atom stereocenters. The second kappa shape index (κ2) is 4.07. The van der Waals surface area contributed by atoms with Crippen LogP contribution in [0.3, 0.4) is 0 Å². The van der Waals surface area contributed by atoms with E-state index in [9.17, 15) is 0 Å². The van der Waals surface area contributed by atoms with Gasteiger partial charge in [-0.15, -0.1) is 0 Å². The van der Waals surface area contributed by atoms with Gasteiger partial charge < -0.3 is 15.6 Å². The SMILES string of the molecule is O.OCCc1c[nH]c2ccccc12. The molecule has 0 spiro atoms. The van der Waals surface area contributed by atoms with Gasteiger partial charge in [0, 0.05) is 23.7 Å². The molecule has 0 aliphatic carbocycles. The number of nitrogens with one attached hydrogen (secondary N) is 1. The minimum atomic E-state index is 0. The van der Waals surface area contributed by atoms with Crippen molar-refractivity contribution in [3.8, 4) is 0 Å². The summed E-state index contributed by atoms with van der Waals surface area (Å²) in [6.07, 6.45) is 2.69. The molecule has 0 bridgehead atoms. The number of hydrogen-bond acceptors (Lipinski definition) is 1. The van der Waals surface area contributed by atoms with Gasteiger partial charge in [0.1, 0.15) is 0 Å². The van der Waals surface area contributed by atoms with Crippen molar-refractivity contribution in [2.45, 2.75) is 6.42 Å². The Balaban J connectivity index is 0.000000845. The average molecular weight is 179 g/mol. The highest BCUT2D eigenvalue weighted by Gasteiger charge is 2.00. The number of H-pyrrole nitrogens is 1. The number of rotatable bonds is 2. The third-order valence-corrected chi connectivity index (χ3v) is 2.06. The monoisotopic (exact) mass is 179 g/mol. The Kier molecular flexibility index (Phi) is 3.06. The summed E-state index contributed by atoms with van der Waals surface area (Å²) in [6.45, 7) is 0.210. The van der Waals surface area contributed by atoms with Gasteiger partial charge in [0.25, 0.3) is 0 Å². The van der Waals surface area contributed by atoms with Gasteiger partial charge in [0.2, 0.25) is 0 Å². The first-order valence-corrected chi connectivity index (χ1v) is 4.07. The molecule has 0 aliphatic heterocycles. The van der Waals surface area contributed by atoms with Gasteiger partial charge in [-0.05, 0) is 18.1 Å². The molecule has 4 N–H and O–H groups in total. The number of fused-ring (bicyclic) bond motifs is 1. The Bertz CT molecular complexity index is 381. The smallest absolute Gasteiger partial charge is 0.0472 e. The molecule has 0 saturated carbocycles. The van der Waals surface area contributed by atoms with E-state index in [-0.39, 0.29) is 12.1 Å². The number of aromatic amines is 1. The molecule has 1 aromatic carbocycles. The van der Waals surface area contributed by atoms with Crippen LogP contribution in [0.5, 0.6) is 0 Å². The fraction of sp³-hybridized carbons (Fsp3) is 0.200. The van der Waals surface area contributed by atoms with E-state index in [1.54, 1.807) is 0 Å². The van der Waals surface area contributed by atoms with Gasteiger partial charge in [-0.2, -0.15) is 0 Å². The maximum absolute atomic E-state index is 8.78. The van der Waals surface area contributed by atoms with Crippen LogP contribution in [0.25, 0.3) is 10.9 Å². The van der Waals surface area contributed by atoms with E-state index in [2.05, 4.69) is 11.1 Å². The lowest BCUT2D eigenvalue weighted by molar-refractivity contribution is 0.300. The molecule has 2 aromatic rings. The van der Waals surface area contributed by atoms with Crippen LogP contribution in [0.15, 0.2) is 30.5 Å². The molecule has 1 heterocycles. The summed E-state index contributed by atoms with van der Waals surface area (Å²) in [4.78, 5) is 3.16. The van der Waals surface area contributed by atoms with Crippen LogP contribution >= 0.6 is 0 Å². The van der Waals surface area contributed by atoms with Crippen molar-refractivity contribution in [2.24, 2.45) is 0 Å². The van der Waals surface area contributed by atoms with E-state index in [4.69, 9.17) is 5.11 Å². The van der Waals surface area contributed by atoms with E-state index in [0.717, 1.165) is 11.9 Å². The lowest BCUT2D eigenvalue weighted by Crippen LogP contribution is -1.87. The largest absolute Gasteiger partial charge is 0.412 e. The van der Waals surface area contributed by atoms with Crippen molar-refractivity contribution in [1.29, 1.82) is 0 Å². The number of para-hydroxylation sites is 1. The first-order chi connectivity index (χ1) is 5.92. The summed E-state index contributed by atoms with van der Waals surface area (Å²) in [6, 6.07) is 8.12. The zero-order chi connectivity index (χ0) is 8.39. The van der Waals surface area contributed by atoms with Crippen LogP contribution < -0.4 is 0 Å². The Hall–Kier alpha value is -1.32. The molecule has 0 radical (unpaired) electrons. The van der Waals surface area contributed by atoms with Gasteiger partial charge in [-0.25, -0.2) is 0 Å². The zero-order valence-electron chi connectivity index (χ0n) is 7.25. The van der Waals surface area contributed by atoms with Crippen molar-refractivity contribution < 1.29 is 10.6 Å². The topological polar surface area (TPSA) is 67.5 Å². The van der Waals surface area contributed by atoms with Crippen molar-refractivity contribution in [3.05, 3.63) is 36.0 Å².